The fraction of sp³-hybridized carbons (Fsp3) is 0. The molecule has 0 radical (unpaired) electrons. The van der Waals surface area contributed by atoms with Crippen LogP contribution in [0.25, 0.3) is 6.08 Å². The van der Waals surface area contributed by atoms with Gasteiger partial charge in [-0.05, 0) is 35.9 Å². The van der Waals surface area contributed by atoms with Crippen LogP contribution in [0.4, 0.5) is 0 Å². The van der Waals surface area contributed by atoms with E-state index in [4.69, 9.17) is 11.6 Å². The first-order valence-electron chi connectivity index (χ1n) is 3.07. The topological polar surface area (TPSA) is 30.0 Å². The Labute approximate surface area is 81.7 Å². The molecule has 0 aliphatic heterocycles. The van der Waals surface area contributed by atoms with Gasteiger partial charge in [0.25, 0.3) is 0 Å². The molecule has 0 amide bonds. The van der Waals surface area contributed by atoms with Gasteiger partial charge in [0.2, 0.25) is 5.24 Å². The number of rotatable bonds is 2. The van der Waals surface area contributed by atoms with Gasteiger partial charge in [0.05, 0.1) is 5.69 Å². The Morgan fingerprint density at radius 3 is 2.75 bits per heavy atom. The number of aromatic nitrogens is 1. The van der Waals surface area contributed by atoms with Crippen LogP contribution in [-0.2, 0) is 4.79 Å². The molecule has 0 N–H and O–H groups in total. The molecule has 12 heavy (non-hydrogen) atoms. The van der Waals surface area contributed by atoms with Crippen molar-refractivity contribution < 1.29 is 4.79 Å². The molecule has 0 unspecified atom stereocenters. The van der Waals surface area contributed by atoms with Crippen LogP contribution in [0.1, 0.15) is 5.69 Å². The lowest BCUT2D eigenvalue weighted by atomic mass is 10.3. The van der Waals surface area contributed by atoms with E-state index in [2.05, 4.69) is 4.98 Å². The summed E-state index contributed by atoms with van der Waals surface area (Å²) in [6.07, 6.45) is 4.48. The highest BCUT2D eigenvalue weighted by Crippen LogP contribution is 1.96. The molecule has 0 aliphatic carbocycles. The van der Waals surface area contributed by atoms with Crippen LogP contribution in [0.5, 0.6) is 0 Å². The van der Waals surface area contributed by atoms with Gasteiger partial charge in [-0.25, -0.2) is 0 Å². The second kappa shape index (κ2) is 5.75. The minimum Gasteiger partial charge on any atom is -0.276 e. The van der Waals surface area contributed by atoms with Gasteiger partial charge in [0.1, 0.15) is 0 Å². The van der Waals surface area contributed by atoms with Crippen LogP contribution in [0.15, 0.2) is 30.5 Å². The van der Waals surface area contributed by atoms with Crippen molar-refractivity contribution in [3.8, 4) is 0 Å². The number of hydrogen-bond acceptors (Lipinski definition) is 2. The molecule has 1 aromatic rings. The zero-order valence-corrected chi connectivity index (χ0v) is 7.68. The third-order valence-electron chi connectivity index (χ3n) is 1.07. The van der Waals surface area contributed by atoms with Crippen molar-refractivity contribution in [1.29, 1.82) is 0 Å². The van der Waals surface area contributed by atoms with Gasteiger partial charge >= 0.3 is 0 Å². The number of carbonyl (C=O) groups is 1. The normalized spacial score (nSPS) is 9.42. The van der Waals surface area contributed by atoms with E-state index >= 15 is 0 Å². The summed E-state index contributed by atoms with van der Waals surface area (Å²) >= 11 is 5.07. The lowest BCUT2D eigenvalue weighted by Crippen LogP contribution is -1.79. The predicted octanol–water partition coefficient (Wildman–Crippen LogP) is 2.28. The van der Waals surface area contributed by atoms with Gasteiger partial charge in [-0.2, -0.15) is 0 Å². The van der Waals surface area contributed by atoms with Gasteiger partial charge < -0.3 is 0 Å². The summed E-state index contributed by atoms with van der Waals surface area (Å²) in [6, 6.07) is 5.43. The van der Waals surface area contributed by atoms with E-state index in [1.54, 1.807) is 24.4 Å². The molecule has 0 bridgehead atoms. The molecule has 4 heteroatoms. The van der Waals surface area contributed by atoms with Crippen molar-refractivity contribution in [2.75, 3.05) is 0 Å². The van der Waals surface area contributed by atoms with Gasteiger partial charge in [-0.15, -0.1) is 12.4 Å². The predicted molar refractivity (Wildman–Crippen MR) is 51.4 cm³/mol. The largest absolute Gasteiger partial charge is 0.276 e. The van der Waals surface area contributed by atoms with E-state index in [1.807, 2.05) is 6.07 Å². The molecule has 0 fully saturated rings. The molecule has 0 aromatic carbocycles. The van der Waals surface area contributed by atoms with Crippen LogP contribution in [0, 0.1) is 0 Å². The molecular formula is C8H7Cl2NO. The monoisotopic (exact) mass is 203 g/mol. The maximum Gasteiger partial charge on any atom is 0.245 e. The molecule has 2 nitrogen and oxygen atoms in total. The third-order valence-corrected chi connectivity index (χ3v) is 1.20. The van der Waals surface area contributed by atoms with E-state index in [9.17, 15) is 4.79 Å². The number of carbonyl (C=O) groups excluding carboxylic acids is 1. The highest BCUT2D eigenvalue weighted by atomic mass is 35.5. The molecular weight excluding hydrogens is 197 g/mol. The molecule has 0 atom stereocenters. The molecule has 1 aromatic heterocycles. The summed E-state index contributed by atoms with van der Waals surface area (Å²) in [4.78, 5) is 14.2. The van der Waals surface area contributed by atoms with E-state index < -0.39 is 5.24 Å². The lowest BCUT2D eigenvalue weighted by Gasteiger charge is -1.86. The molecule has 1 heterocycles. The Morgan fingerprint density at radius 2 is 2.25 bits per heavy atom. The number of allylic oxidation sites excluding steroid dienone is 1. The zero-order valence-electron chi connectivity index (χ0n) is 6.11. The van der Waals surface area contributed by atoms with Crippen molar-refractivity contribution in [2.24, 2.45) is 0 Å². The first kappa shape index (κ1) is 11.1. The third kappa shape index (κ3) is 4.11. The molecule has 0 aliphatic rings. The van der Waals surface area contributed by atoms with Crippen LogP contribution < -0.4 is 0 Å². The van der Waals surface area contributed by atoms with Gasteiger partial charge in [-0.3, -0.25) is 9.78 Å². The van der Waals surface area contributed by atoms with Crippen LogP contribution in [0.2, 0.25) is 0 Å². The van der Waals surface area contributed by atoms with E-state index in [0.29, 0.717) is 0 Å². The van der Waals surface area contributed by atoms with Crippen molar-refractivity contribution in [1.82, 2.24) is 4.98 Å². The van der Waals surface area contributed by atoms with Gasteiger partial charge in [-0.1, -0.05) is 6.07 Å². The second-order valence-electron chi connectivity index (χ2n) is 1.89. The summed E-state index contributed by atoms with van der Waals surface area (Å²) in [7, 11) is 0. The minimum absolute atomic E-state index is 0. The standard InChI is InChI=1S/C8H6ClNO.ClH/c9-8(11)5-4-7-3-1-2-6-10-7;/h1-6H;1H/b5-4+;. The van der Waals surface area contributed by atoms with E-state index in [0.717, 1.165) is 5.69 Å². The van der Waals surface area contributed by atoms with E-state index in [1.165, 1.54) is 6.08 Å². The van der Waals surface area contributed by atoms with Crippen LogP contribution in [0.3, 0.4) is 0 Å². The Morgan fingerprint density at radius 1 is 1.50 bits per heavy atom. The molecule has 1 rings (SSSR count). The lowest BCUT2D eigenvalue weighted by molar-refractivity contribution is -0.107. The molecule has 64 valence electrons. The fourth-order valence-corrected chi connectivity index (χ4v) is 0.688. The van der Waals surface area contributed by atoms with Crippen molar-refractivity contribution in [3.05, 3.63) is 36.2 Å². The summed E-state index contributed by atoms with van der Waals surface area (Å²) < 4.78 is 0. The average molecular weight is 204 g/mol. The fourth-order valence-electron chi connectivity index (χ4n) is 0.625. The van der Waals surface area contributed by atoms with Crippen molar-refractivity contribution >= 4 is 35.3 Å². The number of pyridine rings is 1. The first-order chi connectivity index (χ1) is 5.29. The van der Waals surface area contributed by atoms with Crippen molar-refractivity contribution in [3.63, 3.8) is 0 Å². The number of nitrogens with zero attached hydrogens (tertiary/aromatic N) is 1. The summed E-state index contributed by atoms with van der Waals surface area (Å²) in [5.74, 6) is 0. The van der Waals surface area contributed by atoms with Crippen molar-refractivity contribution in [2.45, 2.75) is 0 Å². The molecule has 0 spiro atoms. The average Bonchev–Trinajstić information content (AvgIpc) is 2.03. The van der Waals surface area contributed by atoms with E-state index in [-0.39, 0.29) is 12.4 Å². The van der Waals surface area contributed by atoms with Gasteiger partial charge in [0, 0.05) is 6.20 Å². The summed E-state index contributed by atoms with van der Waals surface area (Å²) in [5.41, 5.74) is 0.724. The summed E-state index contributed by atoms with van der Waals surface area (Å²) in [5, 5.41) is -0.490. The smallest absolute Gasteiger partial charge is 0.245 e. The number of hydrogen-bond donors (Lipinski definition) is 0. The minimum atomic E-state index is -0.490. The highest BCUT2D eigenvalue weighted by molar-refractivity contribution is 6.66. The highest BCUT2D eigenvalue weighted by Gasteiger charge is 1.86. The molecule has 0 saturated carbocycles. The van der Waals surface area contributed by atoms with Crippen LogP contribution in [-0.4, -0.2) is 10.2 Å². The SMILES string of the molecule is Cl.O=C(Cl)/C=C/c1ccccn1. The molecule has 0 saturated heterocycles. The Hall–Kier alpha value is -0.860. The second-order valence-corrected chi connectivity index (χ2v) is 2.26. The Kier molecular flexibility index (Phi) is 5.34. The maximum absolute atomic E-state index is 10.3. The Balaban J connectivity index is 0.00000121. The Bertz CT molecular complexity index is 272. The quantitative estimate of drug-likeness (QED) is 0.546. The number of halogens is 2. The van der Waals surface area contributed by atoms with Crippen LogP contribution >= 0.6 is 24.0 Å². The maximum atomic E-state index is 10.3. The zero-order chi connectivity index (χ0) is 8.10. The first-order valence-corrected chi connectivity index (χ1v) is 3.45. The van der Waals surface area contributed by atoms with Gasteiger partial charge in [0.15, 0.2) is 0 Å². The summed E-state index contributed by atoms with van der Waals surface area (Å²) in [6.45, 7) is 0.